The molecule has 22 heavy (non-hydrogen) atoms. The number of rotatable bonds is 3. The fraction of sp³-hybridized carbons (Fsp3) is 0.167. The van der Waals surface area contributed by atoms with Gasteiger partial charge >= 0.3 is 0 Å². The van der Waals surface area contributed by atoms with Crippen molar-refractivity contribution in [2.24, 2.45) is 4.99 Å². The van der Waals surface area contributed by atoms with Crippen LogP contribution >= 0.6 is 0 Å². The van der Waals surface area contributed by atoms with Crippen molar-refractivity contribution in [3.63, 3.8) is 0 Å². The zero-order chi connectivity index (χ0) is 15.5. The Bertz CT molecular complexity index is 706. The maximum absolute atomic E-state index is 10.4. The third kappa shape index (κ3) is 2.79. The average molecular weight is 294 g/mol. The SMILES string of the molecule is CC(O)C1=C(c2ccccc2)N=C(c2ccccc2)NC1O. The molecule has 0 bridgehead atoms. The third-order valence-electron chi connectivity index (χ3n) is 3.61. The van der Waals surface area contributed by atoms with Crippen LogP contribution in [-0.4, -0.2) is 28.4 Å². The van der Waals surface area contributed by atoms with Crippen molar-refractivity contribution in [3.8, 4) is 0 Å². The van der Waals surface area contributed by atoms with Crippen LogP contribution in [0.4, 0.5) is 0 Å². The van der Waals surface area contributed by atoms with Gasteiger partial charge in [0.1, 0.15) is 5.84 Å². The second-order valence-corrected chi connectivity index (χ2v) is 5.22. The molecule has 3 rings (SSSR count). The molecule has 0 radical (unpaired) electrons. The molecule has 3 N–H and O–H groups in total. The quantitative estimate of drug-likeness (QED) is 0.812. The first-order valence-corrected chi connectivity index (χ1v) is 7.23. The Morgan fingerprint density at radius 2 is 1.50 bits per heavy atom. The molecule has 2 atom stereocenters. The van der Waals surface area contributed by atoms with E-state index in [1.807, 2.05) is 60.7 Å². The monoisotopic (exact) mass is 294 g/mol. The van der Waals surface area contributed by atoms with Gasteiger partial charge in [-0.1, -0.05) is 60.7 Å². The Hall–Kier alpha value is -2.43. The molecule has 0 saturated carbocycles. The summed E-state index contributed by atoms with van der Waals surface area (Å²) in [5.41, 5.74) is 2.85. The standard InChI is InChI=1S/C18H18N2O2/c1-12(21)15-16(13-8-4-2-5-9-13)19-17(20-18(15)22)14-10-6-3-7-11-14/h2-12,18,21-22H,1H3,(H,19,20). The highest BCUT2D eigenvalue weighted by molar-refractivity contribution is 6.03. The highest BCUT2D eigenvalue weighted by Gasteiger charge is 2.27. The molecule has 4 heteroatoms. The Kier molecular flexibility index (Phi) is 4.04. The van der Waals surface area contributed by atoms with Crippen LogP contribution in [0.25, 0.3) is 5.70 Å². The first-order chi connectivity index (χ1) is 10.7. The van der Waals surface area contributed by atoms with E-state index in [4.69, 9.17) is 0 Å². The van der Waals surface area contributed by atoms with Crippen LogP contribution in [0.3, 0.4) is 0 Å². The molecule has 2 aromatic carbocycles. The number of nitrogens with zero attached hydrogens (tertiary/aromatic N) is 1. The average Bonchev–Trinajstić information content (AvgIpc) is 2.55. The van der Waals surface area contributed by atoms with E-state index in [0.717, 1.165) is 11.1 Å². The van der Waals surface area contributed by atoms with Crippen LogP contribution in [0.1, 0.15) is 18.1 Å². The molecular formula is C18H18N2O2. The van der Waals surface area contributed by atoms with Gasteiger partial charge in [-0.3, -0.25) is 0 Å². The molecule has 1 aliphatic heterocycles. The molecule has 112 valence electrons. The summed E-state index contributed by atoms with van der Waals surface area (Å²) in [5, 5.41) is 23.4. The topological polar surface area (TPSA) is 64.9 Å². The largest absolute Gasteiger partial charge is 0.389 e. The van der Waals surface area contributed by atoms with Gasteiger partial charge in [0.25, 0.3) is 0 Å². The first kappa shape index (κ1) is 14.5. The van der Waals surface area contributed by atoms with Gasteiger partial charge in [0, 0.05) is 16.7 Å². The minimum Gasteiger partial charge on any atom is -0.389 e. The van der Waals surface area contributed by atoms with Crippen LogP contribution in [0.15, 0.2) is 71.2 Å². The minimum absolute atomic E-state index is 0.478. The number of aliphatic imine (C=N–C) groups is 1. The second kappa shape index (κ2) is 6.13. The Balaban J connectivity index is 2.14. The molecule has 2 unspecified atom stereocenters. The Morgan fingerprint density at radius 3 is 2.05 bits per heavy atom. The number of aliphatic hydroxyl groups is 2. The number of hydrogen-bond acceptors (Lipinski definition) is 4. The zero-order valence-electron chi connectivity index (χ0n) is 12.3. The summed E-state index contributed by atoms with van der Waals surface area (Å²) in [5.74, 6) is 0.594. The van der Waals surface area contributed by atoms with Crippen molar-refractivity contribution in [2.75, 3.05) is 0 Å². The predicted molar refractivity (Wildman–Crippen MR) is 87.2 cm³/mol. The summed E-state index contributed by atoms with van der Waals surface area (Å²) < 4.78 is 0. The fourth-order valence-corrected chi connectivity index (χ4v) is 2.54. The molecule has 0 spiro atoms. The molecule has 1 heterocycles. The van der Waals surface area contributed by atoms with Gasteiger partial charge in [-0.2, -0.15) is 0 Å². The van der Waals surface area contributed by atoms with E-state index < -0.39 is 12.3 Å². The van der Waals surface area contributed by atoms with Crippen molar-refractivity contribution >= 4 is 11.5 Å². The smallest absolute Gasteiger partial charge is 0.152 e. The van der Waals surface area contributed by atoms with Crippen molar-refractivity contribution in [2.45, 2.75) is 19.3 Å². The maximum atomic E-state index is 10.4. The molecule has 4 nitrogen and oxygen atoms in total. The molecular weight excluding hydrogens is 276 g/mol. The molecule has 0 fully saturated rings. The van der Waals surface area contributed by atoms with Crippen LogP contribution in [-0.2, 0) is 0 Å². The number of aliphatic hydroxyl groups excluding tert-OH is 2. The van der Waals surface area contributed by atoms with Gasteiger partial charge in [0.05, 0.1) is 11.8 Å². The van der Waals surface area contributed by atoms with Crippen LogP contribution in [0, 0.1) is 0 Å². The minimum atomic E-state index is -0.970. The normalized spacial score (nSPS) is 19.4. The zero-order valence-corrected chi connectivity index (χ0v) is 12.3. The van der Waals surface area contributed by atoms with E-state index in [2.05, 4.69) is 10.3 Å². The molecule has 2 aromatic rings. The lowest BCUT2D eigenvalue weighted by Crippen LogP contribution is -2.42. The van der Waals surface area contributed by atoms with E-state index in [0.29, 0.717) is 17.1 Å². The molecule has 1 aliphatic rings. The summed E-state index contributed by atoms with van der Waals surface area (Å²) in [6.07, 6.45) is -1.76. The van der Waals surface area contributed by atoms with E-state index in [1.165, 1.54) is 0 Å². The number of amidine groups is 1. The number of hydrogen-bond donors (Lipinski definition) is 3. The summed E-state index contributed by atoms with van der Waals surface area (Å²) >= 11 is 0. The van der Waals surface area contributed by atoms with Crippen LogP contribution < -0.4 is 5.32 Å². The van der Waals surface area contributed by atoms with Crippen molar-refractivity contribution in [3.05, 3.63) is 77.4 Å². The van der Waals surface area contributed by atoms with E-state index in [1.54, 1.807) is 6.92 Å². The summed E-state index contributed by atoms with van der Waals surface area (Å²) in [4.78, 5) is 4.64. The summed E-state index contributed by atoms with van der Waals surface area (Å²) in [6, 6.07) is 19.2. The first-order valence-electron chi connectivity index (χ1n) is 7.23. The lowest BCUT2D eigenvalue weighted by Gasteiger charge is -2.28. The summed E-state index contributed by atoms with van der Waals surface area (Å²) in [6.45, 7) is 1.63. The van der Waals surface area contributed by atoms with Gasteiger partial charge in [-0.25, -0.2) is 4.99 Å². The second-order valence-electron chi connectivity index (χ2n) is 5.22. The highest BCUT2D eigenvalue weighted by Crippen LogP contribution is 2.28. The van der Waals surface area contributed by atoms with Crippen molar-refractivity contribution < 1.29 is 10.2 Å². The van der Waals surface area contributed by atoms with E-state index >= 15 is 0 Å². The lowest BCUT2D eigenvalue weighted by atomic mass is 9.99. The van der Waals surface area contributed by atoms with Gasteiger partial charge in [0.2, 0.25) is 0 Å². The highest BCUT2D eigenvalue weighted by atomic mass is 16.3. The molecule has 0 aliphatic carbocycles. The third-order valence-corrected chi connectivity index (χ3v) is 3.61. The molecule has 0 aromatic heterocycles. The van der Waals surface area contributed by atoms with Crippen LogP contribution in [0.5, 0.6) is 0 Å². The van der Waals surface area contributed by atoms with Gasteiger partial charge in [-0.05, 0) is 6.92 Å². The van der Waals surface area contributed by atoms with E-state index in [-0.39, 0.29) is 0 Å². The van der Waals surface area contributed by atoms with Crippen molar-refractivity contribution in [1.29, 1.82) is 0 Å². The maximum Gasteiger partial charge on any atom is 0.152 e. The fourth-order valence-electron chi connectivity index (χ4n) is 2.54. The summed E-state index contributed by atoms with van der Waals surface area (Å²) in [7, 11) is 0. The Morgan fingerprint density at radius 1 is 0.955 bits per heavy atom. The number of benzene rings is 2. The molecule has 0 amide bonds. The Labute approximate surface area is 129 Å². The van der Waals surface area contributed by atoms with Crippen LogP contribution in [0.2, 0.25) is 0 Å². The predicted octanol–water partition coefficient (Wildman–Crippen LogP) is 2.15. The van der Waals surface area contributed by atoms with Crippen molar-refractivity contribution in [1.82, 2.24) is 5.32 Å². The number of nitrogens with one attached hydrogen (secondary N) is 1. The van der Waals surface area contributed by atoms with Gasteiger partial charge < -0.3 is 15.5 Å². The van der Waals surface area contributed by atoms with E-state index in [9.17, 15) is 10.2 Å². The van der Waals surface area contributed by atoms with Gasteiger partial charge in [-0.15, -0.1) is 0 Å². The van der Waals surface area contributed by atoms with Gasteiger partial charge in [0.15, 0.2) is 6.23 Å². The molecule has 0 saturated heterocycles. The lowest BCUT2D eigenvalue weighted by molar-refractivity contribution is 0.143.